The van der Waals surface area contributed by atoms with Crippen LogP contribution in [0.25, 0.3) is 23.1 Å². The van der Waals surface area contributed by atoms with Gasteiger partial charge in [-0.25, -0.2) is 0 Å². The van der Waals surface area contributed by atoms with Crippen LogP contribution in [-0.4, -0.2) is 16.1 Å². The van der Waals surface area contributed by atoms with Gasteiger partial charge in [0.1, 0.15) is 0 Å². The first-order valence-electron chi connectivity index (χ1n) is 11.7. The van der Waals surface area contributed by atoms with E-state index in [1.54, 1.807) is 0 Å². The molecule has 0 aliphatic rings. The zero-order chi connectivity index (χ0) is 24.0. The summed E-state index contributed by atoms with van der Waals surface area (Å²) < 4.78 is 0. The fourth-order valence-corrected chi connectivity index (χ4v) is 4.07. The van der Waals surface area contributed by atoms with Gasteiger partial charge in [-0.1, -0.05) is 67.6 Å². The Balaban J connectivity index is 1.31. The van der Waals surface area contributed by atoms with Crippen molar-refractivity contribution in [1.29, 1.82) is 0 Å². The molecule has 5 rings (SSSR count). The number of nitrogens with one attached hydrogen (secondary N) is 3. The minimum Gasteiger partial charge on any atom is -0.355 e. The van der Waals surface area contributed by atoms with Crippen LogP contribution in [0.15, 0.2) is 97.1 Å². The second-order valence-corrected chi connectivity index (χ2v) is 8.28. The van der Waals surface area contributed by atoms with Gasteiger partial charge in [-0.15, -0.1) is 0 Å². The second kappa shape index (κ2) is 10.1. The van der Waals surface area contributed by atoms with Crippen LogP contribution in [0.5, 0.6) is 0 Å². The number of anilines is 3. The van der Waals surface area contributed by atoms with Gasteiger partial charge in [-0.05, 0) is 66.1 Å². The predicted octanol–water partition coefficient (Wildman–Crippen LogP) is 7.29. The normalized spacial score (nSPS) is 11.1. The maximum atomic E-state index is 12.8. The van der Waals surface area contributed by atoms with E-state index >= 15 is 0 Å². The lowest BCUT2D eigenvalue weighted by molar-refractivity contribution is 0.102. The Kier molecular flexibility index (Phi) is 6.39. The van der Waals surface area contributed by atoms with Gasteiger partial charge in [0.25, 0.3) is 5.91 Å². The van der Waals surface area contributed by atoms with Crippen molar-refractivity contribution in [3.63, 3.8) is 0 Å². The number of H-pyrrole nitrogens is 1. The van der Waals surface area contributed by atoms with E-state index < -0.39 is 0 Å². The average molecular weight is 459 g/mol. The van der Waals surface area contributed by atoms with Crippen molar-refractivity contribution in [2.24, 2.45) is 0 Å². The van der Waals surface area contributed by atoms with Crippen LogP contribution in [0.1, 0.15) is 34.1 Å². The van der Waals surface area contributed by atoms with Crippen LogP contribution < -0.4 is 10.6 Å². The molecular weight excluding hydrogens is 432 g/mol. The zero-order valence-corrected chi connectivity index (χ0v) is 19.5. The summed E-state index contributed by atoms with van der Waals surface area (Å²) in [5.41, 5.74) is 7.26. The van der Waals surface area contributed by atoms with Crippen LogP contribution in [0.3, 0.4) is 0 Å². The number of nitrogens with zero attached hydrogens (tertiary/aromatic N) is 1. The number of carbonyl (C=O) groups is 1. The summed E-state index contributed by atoms with van der Waals surface area (Å²) in [4.78, 5) is 12.8. The van der Waals surface area contributed by atoms with Crippen molar-refractivity contribution in [3.05, 3.63) is 119 Å². The third kappa shape index (κ3) is 5.14. The van der Waals surface area contributed by atoms with Crippen molar-refractivity contribution in [2.75, 3.05) is 10.6 Å². The van der Waals surface area contributed by atoms with Crippen molar-refractivity contribution in [3.8, 4) is 0 Å². The van der Waals surface area contributed by atoms with E-state index in [9.17, 15) is 4.79 Å². The van der Waals surface area contributed by atoms with Gasteiger partial charge in [0.05, 0.1) is 11.2 Å². The van der Waals surface area contributed by atoms with Gasteiger partial charge in [-0.3, -0.25) is 9.89 Å². The Morgan fingerprint density at radius 2 is 1.60 bits per heavy atom. The molecule has 0 spiro atoms. The molecule has 0 saturated carbocycles. The first kappa shape index (κ1) is 22.2. The molecule has 172 valence electrons. The van der Waals surface area contributed by atoms with E-state index in [2.05, 4.69) is 52.0 Å². The first-order chi connectivity index (χ1) is 17.2. The van der Waals surface area contributed by atoms with E-state index in [0.29, 0.717) is 5.56 Å². The minimum atomic E-state index is -0.102. The summed E-state index contributed by atoms with van der Waals surface area (Å²) in [6, 6.07) is 31.7. The molecule has 4 aromatic carbocycles. The number of rotatable bonds is 7. The summed E-state index contributed by atoms with van der Waals surface area (Å²) in [7, 11) is 0. The molecule has 0 radical (unpaired) electrons. The lowest BCUT2D eigenvalue weighted by Crippen LogP contribution is -2.14. The first-order valence-corrected chi connectivity index (χ1v) is 11.7. The predicted molar refractivity (Wildman–Crippen MR) is 145 cm³/mol. The van der Waals surface area contributed by atoms with Crippen LogP contribution in [0.4, 0.5) is 17.1 Å². The van der Waals surface area contributed by atoms with E-state index in [4.69, 9.17) is 0 Å². The molecule has 1 heterocycles. The topological polar surface area (TPSA) is 69.8 Å². The molecule has 0 bridgehead atoms. The molecule has 5 heteroatoms. The Morgan fingerprint density at radius 3 is 2.46 bits per heavy atom. The smallest absolute Gasteiger partial charge is 0.255 e. The highest BCUT2D eigenvalue weighted by molar-refractivity contribution is 6.05. The van der Waals surface area contributed by atoms with E-state index in [1.807, 2.05) is 84.9 Å². The third-order valence-electron chi connectivity index (χ3n) is 5.88. The highest BCUT2D eigenvalue weighted by Gasteiger charge is 2.10. The number of aromatic nitrogens is 2. The molecule has 0 saturated heterocycles. The third-order valence-corrected chi connectivity index (χ3v) is 5.88. The molecule has 0 atom stereocenters. The molecule has 3 N–H and O–H groups in total. The Hall–Kier alpha value is -4.64. The molecule has 5 aromatic rings. The van der Waals surface area contributed by atoms with Crippen LogP contribution in [-0.2, 0) is 6.42 Å². The Bertz CT molecular complexity index is 1500. The number of fused-ring (bicyclic) bond motifs is 1. The Morgan fingerprint density at radius 1 is 0.829 bits per heavy atom. The number of hydrogen-bond donors (Lipinski definition) is 3. The molecule has 35 heavy (non-hydrogen) atoms. The monoisotopic (exact) mass is 458 g/mol. The van der Waals surface area contributed by atoms with E-state index in [1.165, 1.54) is 0 Å². The van der Waals surface area contributed by atoms with Gasteiger partial charge < -0.3 is 10.6 Å². The largest absolute Gasteiger partial charge is 0.355 e. The number of amides is 1. The highest BCUT2D eigenvalue weighted by Crippen LogP contribution is 2.26. The second-order valence-electron chi connectivity index (χ2n) is 8.28. The molecular formula is C30H26N4O. The van der Waals surface area contributed by atoms with Gasteiger partial charge in [0, 0.05) is 28.0 Å². The van der Waals surface area contributed by atoms with Gasteiger partial charge >= 0.3 is 0 Å². The molecule has 1 amide bonds. The van der Waals surface area contributed by atoms with E-state index in [0.717, 1.165) is 51.2 Å². The van der Waals surface area contributed by atoms with E-state index in [-0.39, 0.29) is 5.91 Å². The molecule has 0 fully saturated rings. The number of aryl methyl sites for hydroxylation is 1. The number of carbonyl (C=O) groups excluding carboxylic acids is 1. The van der Waals surface area contributed by atoms with Crippen LogP contribution >= 0.6 is 0 Å². The Labute approximate surface area is 204 Å². The molecule has 0 aliphatic heterocycles. The number of aromatic amines is 1. The van der Waals surface area contributed by atoms with Crippen molar-refractivity contribution < 1.29 is 4.79 Å². The van der Waals surface area contributed by atoms with Crippen LogP contribution in [0, 0.1) is 0 Å². The number of benzene rings is 4. The molecule has 5 nitrogen and oxygen atoms in total. The highest BCUT2D eigenvalue weighted by atomic mass is 16.1. The van der Waals surface area contributed by atoms with Crippen molar-refractivity contribution in [2.45, 2.75) is 13.3 Å². The molecule has 0 unspecified atom stereocenters. The van der Waals surface area contributed by atoms with Crippen molar-refractivity contribution >= 4 is 46.0 Å². The number of hydrogen-bond acceptors (Lipinski definition) is 3. The van der Waals surface area contributed by atoms with Crippen molar-refractivity contribution in [1.82, 2.24) is 10.2 Å². The standard InChI is InChI=1S/C30H26N4O/c1-2-22-11-6-7-14-26(22)30(35)32-24-13-8-12-23(19-24)31-25-16-17-27-28(33-34-29(27)20-25)18-15-21-9-4-3-5-10-21/h3-20,31H,2H2,1H3,(H,32,35)(H,33,34)/b18-15+. The fourth-order valence-electron chi connectivity index (χ4n) is 4.07. The summed E-state index contributed by atoms with van der Waals surface area (Å²) in [5.74, 6) is -0.102. The van der Waals surface area contributed by atoms with Gasteiger partial charge in [0.15, 0.2) is 0 Å². The summed E-state index contributed by atoms with van der Waals surface area (Å²) in [6.07, 6.45) is 4.88. The fraction of sp³-hybridized carbons (Fsp3) is 0.0667. The maximum Gasteiger partial charge on any atom is 0.255 e. The van der Waals surface area contributed by atoms with Crippen LogP contribution in [0.2, 0.25) is 0 Å². The van der Waals surface area contributed by atoms with Gasteiger partial charge in [-0.2, -0.15) is 5.10 Å². The quantitative estimate of drug-likeness (QED) is 0.240. The SMILES string of the molecule is CCc1ccccc1C(=O)Nc1cccc(Nc2ccc3c(/C=C/c4ccccc4)n[nH]c3c2)c1. The van der Waals surface area contributed by atoms with Gasteiger partial charge in [0.2, 0.25) is 0 Å². The molecule has 1 aromatic heterocycles. The minimum absolute atomic E-state index is 0.102. The lowest BCUT2D eigenvalue weighted by Gasteiger charge is -2.11. The molecule has 0 aliphatic carbocycles. The maximum absolute atomic E-state index is 12.8. The summed E-state index contributed by atoms with van der Waals surface area (Å²) in [6.45, 7) is 2.05. The lowest BCUT2D eigenvalue weighted by atomic mass is 10.0. The summed E-state index contributed by atoms with van der Waals surface area (Å²) >= 11 is 0. The zero-order valence-electron chi connectivity index (χ0n) is 19.5. The average Bonchev–Trinajstić information content (AvgIpc) is 3.30. The summed E-state index contributed by atoms with van der Waals surface area (Å²) in [5, 5.41) is 15.1.